The highest BCUT2D eigenvalue weighted by Crippen LogP contribution is 2.23. The van der Waals surface area contributed by atoms with Crippen LogP contribution in [0.3, 0.4) is 0 Å². The number of hydrogen-bond donors (Lipinski definition) is 1. The van der Waals surface area contributed by atoms with Crippen molar-refractivity contribution in [1.29, 1.82) is 0 Å². The Balaban J connectivity index is 2.23. The standard InChI is InChI=1S/C8H11NO/c1-6-2-3-10-8(6)7-4-9-5-7/h2-3,7,9H,4-5H2,1H3. The third kappa shape index (κ3) is 0.762. The summed E-state index contributed by atoms with van der Waals surface area (Å²) in [5, 5.41) is 3.22. The first kappa shape index (κ1) is 5.98. The number of nitrogens with one attached hydrogen (secondary N) is 1. The first-order valence-electron chi connectivity index (χ1n) is 3.62. The van der Waals surface area contributed by atoms with Crippen LogP contribution in [0.1, 0.15) is 17.2 Å². The van der Waals surface area contributed by atoms with Crippen molar-refractivity contribution in [3.8, 4) is 0 Å². The Morgan fingerprint density at radius 3 is 2.80 bits per heavy atom. The van der Waals surface area contributed by atoms with Crippen molar-refractivity contribution in [1.82, 2.24) is 5.32 Å². The molecule has 1 aliphatic heterocycles. The quantitative estimate of drug-likeness (QED) is 0.630. The van der Waals surface area contributed by atoms with E-state index in [-0.39, 0.29) is 0 Å². The van der Waals surface area contributed by atoms with Crippen LogP contribution in [0.25, 0.3) is 0 Å². The van der Waals surface area contributed by atoms with Crippen LogP contribution in [0.5, 0.6) is 0 Å². The molecular weight excluding hydrogens is 126 g/mol. The van der Waals surface area contributed by atoms with Crippen LogP contribution in [0.2, 0.25) is 0 Å². The highest BCUT2D eigenvalue weighted by atomic mass is 16.3. The van der Waals surface area contributed by atoms with Crippen molar-refractivity contribution >= 4 is 0 Å². The third-order valence-corrected chi connectivity index (χ3v) is 2.05. The Morgan fingerprint density at radius 1 is 1.60 bits per heavy atom. The van der Waals surface area contributed by atoms with Gasteiger partial charge in [0.05, 0.1) is 6.26 Å². The van der Waals surface area contributed by atoms with Gasteiger partial charge in [0.25, 0.3) is 0 Å². The molecule has 0 spiro atoms. The number of furan rings is 1. The lowest BCUT2D eigenvalue weighted by Crippen LogP contribution is -2.39. The molecule has 1 aliphatic rings. The Morgan fingerprint density at radius 2 is 2.40 bits per heavy atom. The minimum atomic E-state index is 0.634. The van der Waals surface area contributed by atoms with Gasteiger partial charge in [0.2, 0.25) is 0 Å². The predicted octanol–water partition coefficient (Wildman–Crippen LogP) is 1.27. The molecule has 0 atom stereocenters. The van der Waals surface area contributed by atoms with Gasteiger partial charge in [0.1, 0.15) is 5.76 Å². The molecule has 2 heteroatoms. The summed E-state index contributed by atoms with van der Waals surface area (Å²) in [6, 6.07) is 2.02. The third-order valence-electron chi connectivity index (χ3n) is 2.05. The van der Waals surface area contributed by atoms with Crippen molar-refractivity contribution in [2.75, 3.05) is 13.1 Å². The molecule has 1 N–H and O–H groups in total. The zero-order chi connectivity index (χ0) is 6.97. The minimum absolute atomic E-state index is 0.634. The molecule has 0 unspecified atom stereocenters. The van der Waals surface area contributed by atoms with Crippen molar-refractivity contribution in [2.45, 2.75) is 12.8 Å². The second-order valence-corrected chi connectivity index (χ2v) is 2.82. The molecule has 54 valence electrons. The molecule has 1 fully saturated rings. The molecule has 0 bridgehead atoms. The first-order valence-corrected chi connectivity index (χ1v) is 3.62. The van der Waals surface area contributed by atoms with E-state index in [2.05, 4.69) is 12.2 Å². The zero-order valence-electron chi connectivity index (χ0n) is 6.05. The molecule has 1 aromatic rings. The van der Waals surface area contributed by atoms with Gasteiger partial charge >= 0.3 is 0 Å². The summed E-state index contributed by atoms with van der Waals surface area (Å²) >= 11 is 0. The molecule has 10 heavy (non-hydrogen) atoms. The van der Waals surface area contributed by atoms with Crippen molar-refractivity contribution < 1.29 is 4.42 Å². The van der Waals surface area contributed by atoms with E-state index >= 15 is 0 Å². The molecule has 0 amide bonds. The summed E-state index contributed by atoms with van der Waals surface area (Å²) in [4.78, 5) is 0. The lowest BCUT2D eigenvalue weighted by atomic mass is 9.98. The highest BCUT2D eigenvalue weighted by molar-refractivity contribution is 5.21. The largest absolute Gasteiger partial charge is 0.469 e. The topological polar surface area (TPSA) is 25.2 Å². The van der Waals surface area contributed by atoms with Gasteiger partial charge in [-0.1, -0.05) is 0 Å². The predicted molar refractivity (Wildman–Crippen MR) is 39.1 cm³/mol. The molecule has 2 nitrogen and oxygen atoms in total. The number of rotatable bonds is 1. The van der Waals surface area contributed by atoms with Crippen molar-refractivity contribution in [3.05, 3.63) is 23.7 Å². The maximum atomic E-state index is 5.33. The molecule has 0 radical (unpaired) electrons. The van der Waals surface area contributed by atoms with Crippen molar-refractivity contribution in [2.24, 2.45) is 0 Å². The summed E-state index contributed by atoms with van der Waals surface area (Å²) in [5.41, 5.74) is 1.28. The van der Waals surface area contributed by atoms with E-state index in [1.54, 1.807) is 6.26 Å². The second-order valence-electron chi connectivity index (χ2n) is 2.82. The maximum absolute atomic E-state index is 5.33. The van der Waals surface area contributed by atoms with Gasteiger partial charge in [-0.15, -0.1) is 0 Å². The fraction of sp³-hybridized carbons (Fsp3) is 0.500. The van der Waals surface area contributed by atoms with Crippen LogP contribution in [-0.2, 0) is 0 Å². The highest BCUT2D eigenvalue weighted by Gasteiger charge is 2.22. The molecule has 1 saturated heterocycles. The summed E-state index contributed by atoms with van der Waals surface area (Å²) < 4.78 is 5.33. The summed E-state index contributed by atoms with van der Waals surface area (Å²) in [6.07, 6.45) is 1.77. The summed E-state index contributed by atoms with van der Waals surface area (Å²) in [5.74, 6) is 1.80. The van der Waals surface area contributed by atoms with E-state index in [4.69, 9.17) is 4.42 Å². The Hall–Kier alpha value is -0.760. The van der Waals surface area contributed by atoms with Crippen molar-refractivity contribution in [3.63, 3.8) is 0 Å². The second kappa shape index (κ2) is 2.13. The van der Waals surface area contributed by atoms with E-state index in [0.29, 0.717) is 5.92 Å². The SMILES string of the molecule is Cc1ccoc1C1CNC1. The van der Waals surface area contributed by atoms with Gasteiger partial charge in [0, 0.05) is 19.0 Å². The van der Waals surface area contributed by atoms with Crippen LogP contribution in [0.15, 0.2) is 16.7 Å². The van der Waals surface area contributed by atoms with E-state index < -0.39 is 0 Å². The summed E-state index contributed by atoms with van der Waals surface area (Å²) in [6.45, 7) is 4.25. The van der Waals surface area contributed by atoms with E-state index in [1.807, 2.05) is 6.07 Å². The number of hydrogen-bond acceptors (Lipinski definition) is 2. The first-order chi connectivity index (χ1) is 4.88. The molecular formula is C8H11NO. The molecule has 2 heterocycles. The molecule has 0 saturated carbocycles. The Labute approximate surface area is 60.2 Å². The molecule has 1 aromatic heterocycles. The normalized spacial score (nSPS) is 18.9. The van der Waals surface area contributed by atoms with Gasteiger partial charge in [-0.25, -0.2) is 0 Å². The van der Waals surface area contributed by atoms with Gasteiger partial charge in [0.15, 0.2) is 0 Å². The van der Waals surface area contributed by atoms with E-state index in [0.717, 1.165) is 13.1 Å². The Kier molecular flexibility index (Phi) is 1.27. The smallest absolute Gasteiger partial charge is 0.112 e. The van der Waals surface area contributed by atoms with Crippen LogP contribution >= 0.6 is 0 Å². The van der Waals surface area contributed by atoms with Gasteiger partial charge in [-0.3, -0.25) is 0 Å². The average molecular weight is 137 g/mol. The lowest BCUT2D eigenvalue weighted by Gasteiger charge is -2.25. The minimum Gasteiger partial charge on any atom is -0.469 e. The fourth-order valence-electron chi connectivity index (χ4n) is 1.28. The average Bonchev–Trinajstić information content (AvgIpc) is 2.12. The van der Waals surface area contributed by atoms with Crippen LogP contribution in [0.4, 0.5) is 0 Å². The van der Waals surface area contributed by atoms with E-state index in [1.165, 1.54) is 11.3 Å². The lowest BCUT2D eigenvalue weighted by molar-refractivity contribution is 0.367. The monoisotopic (exact) mass is 137 g/mol. The van der Waals surface area contributed by atoms with Gasteiger partial charge in [-0.05, 0) is 18.6 Å². The van der Waals surface area contributed by atoms with Crippen LogP contribution in [-0.4, -0.2) is 13.1 Å². The van der Waals surface area contributed by atoms with Gasteiger partial charge < -0.3 is 9.73 Å². The fourth-order valence-corrected chi connectivity index (χ4v) is 1.28. The Bertz CT molecular complexity index is 225. The van der Waals surface area contributed by atoms with Crippen LogP contribution < -0.4 is 5.32 Å². The number of aryl methyl sites for hydroxylation is 1. The molecule has 0 aliphatic carbocycles. The molecule has 2 rings (SSSR count). The zero-order valence-corrected chi connectivity index (χ0v) is 6.05. The molecule has 0 aromatic carbocycles. The van der Waals surface area contributed by atoms with Gasteiger partial charge in [-0.2, -0.15) is 0 Å². The summed E-state index contributed by atoms with van der Waals surface area (Å²) in [7, 11) is 0. The van der Waals surface area contributed by atoms with E-state index in [9.17, 15) is 0 Å². The maximum Gasteiger partial charge on any atom is 0.112 e. The van der Waals surface area contributed by atoms with Crippen LogP contribution in [0, 0.1) is 6.92 Å².